The van der Waals surface area contributed by atoms with E-state index in [2.05, 4.69) is 43.4 Å². The largest absolute Gasteiger partial charge is 0.354 e. The van der Waals surface area contributed by atoms with Crippen molar-refractivity contribution in [1.29, 1.82) is 0 Å². The van der Waals surface area contributed by atoms with Crippen LogP contribution in [0, 0.1) is 0 Å². The van der Waals surface area contributed by atoms with Gasteiger partial charge in [-0.2, -0.15) is 0 Å². The van der Waals surface area contributed by atoms with Crippen LogP contribution in [-0.2, 0) is 9.47 Å². The molecule has 1 N–H and O–H groups in total. The van der Waals surface area contributed by atoms with Gasteiger partial charge >= 0.3 is 0 Å². The first-order chi connectivity index (χ1) is 9.17. The van der Waals surface area contributed by atoms with Gasteiger partial charge < -0.3 is 14.8 Å². The van der Waals surface area contributed by atoms with Gasteiger partial charge in [-0.25, -0.2) is 0 Å². The fourth-order valence-corrected chi connectivity index (χ4v) is 3.08. The molecule has 1 aliphatic carbocycles. The number of hydrogen-bond donors (Lipinski definition) is 1. The topological polar surface area (TPSA) is 30.5 Å². The summed E-state index contributed by atoms with van der Waals surface area (Å²) in [5.41, 5.74) is 2.91. The number of benzene rings is 1. The maximum Gasteiger partial charge on any atom is 0.171 e. The summed E-state index contributed by atoms with van der Waals surface area (Å²) in [7, 11) is 3.37. The molecule has 0 saturated heterocycles. The smallest absolute Gasteiger partial charge is 0.171 e. The number of methoxy groups -OCH3 is 2. The van der Waals surface area contributed by atoms with Crippen LogP contribution in [0.3, 0.4) is 0 Å². The first-order valence-corrected chi connectivity index (χ1v) is 7.07. The molecule has 0 amide bonds. The molecule has 0 aromatic heterocycles. The van der Waals surface area contributed by atoms with Gasteiger partial charge in [0.1, 0.15) is 0 Å². The highest BCUT2D eigenvalue weighted by Crippen LogP contribution is 2.37. The summed E-state index contributed by atoms with van der Waals surface area (Å²) in [5, 5.41) is 3.65. The van der Waals surface area contributed by atoms with Gasteiger partial charge in [0.25, 0.3) is 0 Å². The first-order valence-electron chi connectivity index (χ1n) is 7.07. The van der Waals surface area contributed by atoms with Crippen LogP contribution in [0.1, 0.15) is 49.8 Å². The van der Waals surface area contributed by atoms with Crippen molar-refractivity contribution >= 4 is 0 Å². The molecule has 0 heterocycles. The van der Waals surface area contributed by atoms with Crippen LogP contribution in [-0.4, -0.2) is 26.6 Å². The minimum atomic E-state index is -0.202. The fraction of sp³-hybridized carbons (Fsp3) is 0.625. The van der Waals surface area contributed by atoms with Crippen molar-refractivity contribution in [1.82, 2.24) is 5.32 Å². The Balaban J connectivity index is 2.12. The van der Waals surface area contributed by atoms with E-state index in [0.29, 0.717) is 12.0 Å². The van der Waals surface area contributed by atoms with E-state index in [1.807, 2.05) is 0 Å². The van der Waals surface area contributed by atoms with Gasteiger partial charge in [-0.1, -0.05) is 31.2 Å². The van der Waals surface area contributed by atoms with Crippen LogP contribution >= 0.6 is 0 Å². The molecule has 1 aromatic carbocycles. The van der Waals surface area contributed by atoms with E-state index >= 15 is 0 Å². The zero-order valence-corrected chi connectivity index (χ0v) is 12.3. The van der Waals surface area contributed by atoms with Gasteiger partial charge in [-0.3, -0.25) is 0 Å². The molecule has 0 radical (unpaired) electrons. The highest BCUT2D eigenvalue weighted by molar-refractivity contribution is 5.35. The number of hydrogen-bond acceptors (Lipinski definition) is 3. The van der Waals surface area contributed by atoms with E-state index in [1.165, 1.54) is 24.0 Å². The van der Waals surface area contributed by atoms with E-state index in [-0.39, 0.29) is 12.3 Å². The standard InChI is InChI=1S/C16H25NO2/c1-11-9-10-15(14-8-6-5-7-13(11)14)17-12(2)16(18-3)19-4/h5-8,11-12,15-17H,9-10H2,1-4H3. The van der Waals surface area contributed by atoms with Gasteiger partial charge in [-0.05, 0) is 36.8 Å². The Bertz CT molecular complexity index is 403. The van der Waals surface area contributed by atoms with E-state index < -0.39 is 0 Å². The van der Waals surface area contributed by atoms with Crippen molar-refractivity contribution in [2.75, 3.05) is 14.2 Å². The number of fused-ring (bicyclic) bond motifs is 1. The van der Waals surface area contributed by atoms with Gasteiger partial charge in [0.05, 0.1) is 6.04 Å². The Morgan fingerprint density at radius 3 is 2.37 bits per heavy atom. The molecule has 3 atom stereocenters. The molecule has 0 bridgehead atoms. The number of ether oxygens (including phenoxy) is 2. The van der Waals surface area contributed by atoms with E-state index in [0.717, 1.165) is 0 Å². The summed E-state index contributed by atoms with van der Waals surface area (Å²) in [6, 6.07) is 9.32. The third-order valence-electron chi connectivity index (χ3n) is 4.13. The second-order valence-corrected chi connectivity index (χ2v) is 5.46. The molecule has 106 valence electrons. The lowest BCUT2D eigenvalue weighted by molar-refractivity contribution is -0.121. The summed E-state index contributed by atoms with van der Waals surface area (Å²) in [6.07, 6.45) is 2.20. The molecule has 1 aliphatic rings. The predicted octanol–water partition coefficient (Wildman–Crippen LogP) is 3.22. The normalized spacial score (nSPS) is 24.3. The summed E-state index contributed by atoms with van der Waals surface area (Å²) in [5.74, 6) is 0.658. The average molecular weight is 263 g/mol. The van der Waals surface area contributed by atoms with Crippen molar-refractivity contribution < 1.29 is 9.47 Å². The monoisotopic (exact) mass is 263 g/mol. The second kappa shape index (κ2) is 6.51. The summed E-state index contributed by atoms with van der Waals surface area (Å²) in [4.78, 5) is 0. The van der Waals surface area contributed by atoms with Crippen molar-refractivity contribution in [3.8, 4) is 0 Å². The van der Waals surface area contributed by atoms with E-state index in [9.17, 15) is 0 Å². The fourth-order valence-electron chi connectivity index (χ4n) is 3.08. The van der Waals surface area contributed by atoms with Crippen LogP contribution in [0.4, 0.5) is 0 Å². The maximum atomic E-state index is 5.33. The lowest BCUT2D eigenvalue weighted by Gasteiger charge is -2.34. The molecule has 3 nitrogen and oxygen atoms in total. The van der Waals surface area contributed by atoms with Gasteiger partial charge in [-0.15, -0.1) is 0 Å². The van der Waals surface area contributed by atoms with Crippen molar-refractivity contribution in [3.05, 3.63) is 35.4 Å². The summed E-state index contributed by atoms with van der Waals surface area (Å²) in [6.45, 7) is 4.42. The highest BCUT2D eigenvalue weighted by Gasteiger charge is 2.27. The molecule has 19 heavy (non-hydrogen) atoms. The molecule has 3 heteroatoms. The molecule has 0 aliphatic heterocycles. The SMILES string of the molecule is COC(OC)C(C)NC1CCC(C)c2ccccc21. The van der Waals surface area contributed by atoms with Crippen LogP contribution in [0.2, 0.25) is 0 Å². The molecular weight excluding hydrogens is 238 g/mol. The minimum Gasteiger partial charge on any atom is -0.354 e. The molecular formula is C16H25NO2. The Labute approximate surface area is 116 Å². The third kappa shape index (κ3) is 3.16. The third-order valence-corrected chi connectivity index (χ3v) is 4.13. The predicted molar refractivity (Wildman–Crippen MR) is 77.2 cm³/mol. The molecule has 2 rings (SSSR count). The van der Waals surface area contributed by atoms with Gasteiger partial charge in [0.15, 0.2) is 6.29 Å². The Morgan fingerprint density at radius 2 is 1.74 bits per heavy atom. The zero-order chi connectivity index (χ0) is 13.8. The van der Waals surface area contributed by atoms with Crippen LogP contribution in [0.25, 0.3) is 0 Å². The van der Waals surface area contributed by atoms with Crippen molar-refractivity contribution in [2.45, 2.75) is 51.0 Å². The van der Waals surface area contributed by atoms with Crippen LogP contribution in [0.5, 0.6) is 0 Å². The lowest BCUT2D eigenvalue weighted by atomic mass is 9.81. The summed E-state index contributed by atoms with van der Waals surface area (Å²) < 4.78 is 10.7. The van der Waals surface area contributed by atoms with Crippen molar-refractivity contribution in [2.24, 2.45) is 0 Å². The van der Waals surface area contributed by atoms with Gasteiger partial charge in [0, 0.05) is 20.3 Å². The molecule has 3 unspecified atom stereocenters. The maximum absolute atomic E-state index is 5.33. The molecule has 0 spiro atoms. The Kier molecular flexibility index (Phi) is 4.97. The van der Waals surface area contributed by atoms with Crippen LogP contribution < -0.4 is 5.32 Å². The quantitative estimate of drug-likeness (QED) is 0.827. The first kappa shape index (κ1) is 14.5. The zero-order valence-electron chi connectivity index (χ0n) is 12.3. The van der Waals surface area contributed by atoms with Crippen LogP contribution in [0.15, 0.2) is 24.3 Å². The molecule has 0 fully saturated rings. The van der Waals surface area contributed by atoms with E-state index in [1.54, 1.807) is 14.2 Å². The minimum absolute atomic E-state index is 0.168. The molecule has 0 saturated carbocycles. The lowest BCUT2D eigenvalue weighted by Crippen LogP contribution is -2.42. The molecule has 1 aromatic rings. The summed E-state index contributed by atoms with van der Waals surface area (Å²) >= 11 is 0. The van der Waals surface area contributed by atoms with Crippen molar-refractivity contribution in [3.63, 3.8) is 0 Å². The van der Waals surface area contributed by atoms with E-state index in [4.69, 9.17) is 9.47 Å². The number of rotatable bonds is 5. The number of nitrogens with one attached hydrogen (secondary N) is 1. The van der Waals surface area contributed by atoms with Gasteiger partial charge in [0.2, 0.25) is 0 Å². The highest BCUT2D eigenvalue weighted by atomic mass is 16.7. The Hall–Kier alpha value is -0.900. The Morgan fingerprint density at radius 1 is 1.11 bits per heavy atom. The second-order valence-electron chi connectivity index (χ2n) is 5.46. The average Bonchev–Trinajstić information content (AvgIpc) is 2.44.